The van der Waals surface area contributed by atoms with E-state index in [-0.39, 0.29) is 11.6 Å². The van der Waals surface area contributed by atoms with Gasteiger partial charge in [-0.15, -0.1) is 11.3 Å². The number of aromatic nitrogens is 4. The summed E-state index contributed by atoms with van der Waals surface area (Å²) in [5.74, 6) is 0.605. The van der Waals surface area contributed by atoms with E-state index in [1.54, 1.807) is 17.8 Å². The number of rotatable bonds is 3. The van der Waals surface area contributed by atoms with Crippen molar-refractivity contribution < 1.29 is 9.21 Å². The minimum absolute atomic E-state index is 0.270. The van der Waals surface area contributed by atoms with Crippen LogP contribution in [0.4, 0.5) is 5.69 Å². The molecule has 0 aliphatic rings. The number of carbonyl (C=O) groups is 1. The van der Waals surface area contributed by atoms with Crippen molar-refractivity contribution in [2.24, 2.45) is 7.05 Å². The number of nitrogens with one attached hydrogen (secondary N) is 1. The Morgan fingerprint density at radius 2 is 2.20 bits per heavy atom. The van der Waals surface area contributed by atoms with E-state index in [4.69, 9.17) is 4.42 Å². The number of fused-ring (bicyclic) bond motifs is 1. The number of pyridine rings is 1. The lowest BCUT2D eigenvalue weighted by Crippen LogP contribution is -2.13. The molecule has 25 heavy (non-hydrogen) atoms. The summed E-state index contributed by atoms with van der Waals surface area (Å²) in [4.78, 5) is 22.1. The Kier molecular flexibility index (Phi) is 3.61. The summed E-state index contributed by atoms with van der Waals surface area (Å²) in [5.41, 5.74) is 2.49. The zero-order valence-electron chi connectivity index (χ0n) is 13.9. The maximum Gasteiger partial charge on any atom is 0.277 e. The van der Waals surface area contributed by atoms with Crippen LogP contribution in [-0.2, 0) is 7.05 Å². The lowest BCUT2D eigenvalue weighted by molar-refractivity contribution is 0.102. The van der Waals surface area contributed by atoms with Gasteiger partial charge < -0.3 is 9.73 Å². The molecule has 4 aromatic rings. The number of amides is 1. The molecule has 0 bridgehead atoms. The lowest BCUT2D eigenvalue weighted by Gasteiger charge is -2.03. The largest absolute Gasteiger partial charge is 0.440 e. The van der Waals surface area contributed by atoms with Crippen molar-refractivity contribution in [3.05, 3.63) is 46.9 Å². The summed E-state index contributed by atoms with van der Waals surface area (Å²) in [7, 11) is 1.84. The SMILES string of the molecule is Cc1oc(-c2cccs2)nc1C(=O)Nc1cnc2c(c1)c(C)nn2C. The predicted molar refractivity (Wildman–Crippen MR) is 95.8 cm³/mol. The van der Waals surface area contributed by atoms with Crippen LogP contribution in [0.25, 0.3) is 21.8 Å². The highest BCUT2D eigenvalue weighted by atomic mass is 32.1. The van der Waals surface area contributed by atoms with E-state index in [0.29, 0.717) is 17.3 Å². The van der Waals surface area contributed by atoms with Crippen molar-refractivity contribution in [1.82, 2.24) is 19.7 Å². The molecule has 0 aliphatic carbocycles. The smallest absolute Gasteiger partial charge is 0.277 e. The Labute approximate surface area is 147 Å². The van der Waals surface area contributed by atoms with Crippen LogP contribution >= 0.6 is 11.3 Å². The first-order valence-electron chi connectivity index (χ1n) is 7.65. The van der Waals surface area contributed by atoms with Crippen LogP contribution < -0.4 is 5.32 Å². The zero-order chi connectivity index (χ0) is 17.6. The average molecular weight is 353 g/mol. The molecule has 0 saturated carbocycles. The van der Waals surface area contributed by atoms with E-state index in [1.807, 2.05) is 37.6 Å². The van der Waals surface area contributed by atoms with Gasteiger partial charge in [-0.3, -0.25) is 9.48 Å². The molecule has 0 spiro atoms. The summed E-state index contributed by atoms with van der Waals surface area (Å²) in [6.45, 7) is 3.64. The van der Waals surface area contributed by atoms with Crippen LogP contribution in [0.15, 0.2) is 34.2 Å². The molecule has 0 aliphatic heterocycles. The molecule has 0 radical (unpaired) electrons. The second kappa shape index (κ2) is 5.82. The molecule has 0 atom stereocenters. The Bertz CT molecular complexity index is 1080. The van der Waals surface area contributed by atoms with Gasteiger partial charge in [-0.25, -0.2) is 9.97 Å². The van der Waals surface area contributed by atoms with Crippen molar-refractivity contribution in [3.8, 4) is 10.8 Å². The number of oxazole rings is 1. The van der Waals surface area contributed by atoms with Gasteiger partial charge in [-0.05, 0) is 31.4 Å². The third-order valence-corrected chi connectivity index (χ3v) is 4.72. The summed E-state index contributed by atoms with van der Waals surface area (Å²) < 4.78 is 7.33. The summed E-state index contributed by atoms with van der Waals surface area (Å²) in [6, 6.07) is 5.68. The van der Waals surface area contributed by atoms with Gasteiger partial charge >= 0.3 is 0 Å². The first kappa shape index (κ1) is 15.5. The molecule has 4 aromatic heterocycles. The van der Waals surface area contributed by atoms with E-state index in [2.05, 4.69) is 20.4 Å². The van der Waals surface area contributed by atoms with Gasteiger partial charge in [-0.2, -0.15) is 5.10 Å². The van der Waals surface area contributed by atoms with Crippen LogP contribution in [0.3, 0.4) is 0 Å². The van der Waals surface area contributed by atoms with E-state index < -0.39 is 0 Å². The topological polar surface area (TPSA) is 85.8 Å². The monoisotopic (exact) mass is 353 g/mol. The Morgan fingerprint density at radius 3 is 2.96 bits per heavy atom. The number of thiophene rings is 1. The quantitative estimate of drug-likeness (QED) is 0.609. The summed E-state index contributed by atoms with van der Waals surface area (Å²) >= 11 is 1.51. The van der Waals surface area contributed by atoms with Crippen LogP contribution in [-0.4, -0.2) is 25.7 Å². The van der Waals surface area contributed by atoms with Gasteiger partial charge in [0.05, 0.1) is 22.5 Å². The highest BCUT2D eigenvalue weighted by molar-refractivity contribution is 7.13. The molecule has 4 rings (SSSR count). The molecule has 4 heterocycles. The first-order valence-corrected chi connectivity index (χ1v) is 8.53. The summed E-state index contributed by atoms with van der Waals surface area (Å²) in [6.07, 6.45) is 1.61. The van der Waals surface area contributed by atoms with E-state index >= 15 is 0 Å². The van der Waals surface area contributed by atoms with Gasteiger partial charge in [-0.1, -0.05) is 6.07 Å². The Morgan fingerprint density at radius 1 is 1.36 bits per heavy atom. The van der Waals surface area contributed by atoms with Gasteiger partial charge in [0, 0.05) is 12.4 Å². The molecule has 0 fully saturated rings. The Hall–Kier alpha value is -3.00. The van der Waals surface area contributed by atoms with E-state index in [1.165, 1.54) is 11.3 Å². The lowest BCUT2D eigenvalue weighted by atomic mass is 10.2. The van der Waals surface area contributed by atoms with Crippen LogP contribution in [0, 0.1) is 13.8 Å². The highest BCUT2D eigenvalue weighted by Gasteiger charge is 2.19. The highest BCUT2D eigenvalue weighted by Crippen LogP contribution is 2.26. The number of hydrogen-bond acceptors (Lipinski definition) is 6. The fourth-order valence-corrected chi connectivity index (χ4v) is 3.33. The molecule has 8 heteroatoms. The predicted octanol–water partition coefficient (Wildman–Crippen LogP) is 3.55. The number of carbonyl (C=O) groups excluding carboxylic acids is 1. The van der Waals surface area contributed by atoms with Crippen molar-refractivity contribution in [1.29, 1.82) is 0 Å². The standard InChI is InChI=1S/C17H15N5O2S/c1-9-12-7-11(8-18-15(12)22(3)21-9)19-16(23)14-10(2)24-17(20-14)13-5-4-6-25-13/h4-8H,1-3H3,(H,19,23). The Balaban J connectivity index is 1.63. The molecule has 1 amide bonds. The van der Waals surface area contributed by atoms with Crippen LogP contribution in [0.2, 0.25) is 0 Å². The van der Waals surface area contributed by atoms with E-state index in [0.717, 1.165) is 21.6 Å². The van der Waals surface area contributed by atoms with Gasteiger partial charge in [0.25, 0.3) is 5.91 Å². The second-order valence-corrected chi connectivity index (χ2v) is 6.61. The van der Waals surface area contributed by atoms with E-state index in [9.17, 15) is 4.79 Å². The molecule has 0 aromatic carbocycles. The average Bonchev–Trinajstić information content (AvgIpc) is 3.28. The molecule has 126 valence electrons. The molecule has 1 N–H and O–H groups in total. The first-order chi connectivity index (χ1) is 12.0. The zero-order valence-corrected chi connectivity index (χ0v) is 14.7. The third kappa shape index (κ3) is 2.70. The normalized spacial score (nSPS) is 11.2. The minimum atomic E-state index is -0.327. The van der Waals surface area contributed by atoms with Gasteiger partial charge in [0.1, 0.15) is 5.76 Å². The second-order valence-electron chi connectivity index (χ2n) is 5.66. The molecule has 7 nitrogen and oxygen atoms in total. The third-order valence-electron chi connectivity index (χ3n) is 3.86. The van der Waals surface area contributed by atoms with Crippen LogP contribution in [0.5, 0.6) is 0 Å². The van der Waals surface area contributed by atoms with Crippen LogP contribution in [0.1, 0.15) is 21.9 Å². The van der Waals surface area contributed by atoms with Gasteiger partial charge in [0.15, 0.2) is 11.3 Å². The molecule has 0 saturated heterocycles. The van der Waals surface area contributed by atoms with Gasteiger partial charge in [0.2, 0.25) is 5.89 Å². The maximum atomic E-state index is 12.6. The number of anilines is 1. The van der Waals surface area contributed by atoms with Crippen molar-refractivity contribution in [3.63, 3.8) is 0 Å². The number of aryl methyl sites for hydroxylation is 3. The number of nitrogens with zero attached hydrogens (tertiary/aromatic N) is 4. The minimum Gasteiger partial charge on any atom is -0.440 e. The number of hydrogen-bond donors (Lipinski definition) is 1. The van der Waals surface area contributed by atoms with Crippen molar-refractivity contribution in [2.75, 3.05) is 5.32 Å². The summed E-state index contributed by atoms with van der Waals surface area (Å²) in [5, 5.41) is 9.99. The fourth-order valence-electron chi connectivity index (χ4n) is 2.68. The maximum absolute atomic E-state index is 12.6. The molecular formula is C17H15N5O2S. The van der Waals surface area contributed by atoms with Crippen molar-refractivity contribution in [2.45, 2.75) is 13.8 Å². The van der Waals surface area contributed by atoms with Crippen molar-refractivity contribution >= 4 is 34.0 Å². The fraction of sp³-hybridized carbons (Fsp3) is 0.176. The molecular weight excluding hydrogens is 338 g/mol. The molecule has 0 unspecified atom stereocenters.